The molecule has 0 aromatic carbocycles. The lowest BCUT2D eigenvalue weighted by Gasteiger charge is -2.23. The van der Waals surface area contributed by atoms with Gasteiger partial charge in [-0.25, -0.2) is 9.97 Å². The van der Waals surface area contributed by atoms with Gasteiger partial charge in [0, 0.05) is 24.5 Å². The van der Waals surface area contributed by atoms with E-state index in [0.717, 1.165) is 19.4 Å². The molecule has 4 heteroatoms. The smallest absolute Gasteiger partial charge is 0.222 e. The number of nitrogens with one attached hydrogen (secondary N) is 1. The van der Waals surface area contributed by atoms with Crippen LogP contribution in [0.5, 0.6) is 0 Å². The van der Waals surface area contributed by atoms with Crippen LogP contribution in [0.4, 0.5) is 5.95 Å². The first-order valence-electron chi connectivity index (χ1n) is 5.08. The van der Waals surface area contributed by atoms with Gasteiger partial charge in [-0.15, -0.1) is 0 Å². The van der Waals surface area contributed by atoms with E-state index in [4.69, 9.17) is 5.73 Å². The number of nitrogens with two attached hydrogens (primary N) is 1. The minimum absolute atomic E-state index is 0.0425. The zero-order valence-electron chi connectivity index (χ0n) is 8.24. The Balaban J connectivity index is 1.88. The number of hydrogen-bond donors (Lipinski definition) is 2. The van der Waals surface area contributed by atoms with Crippen molar-refractivity contribution in [2.75, 3.05) is 11.9 Å². The molecule has 1 aliphatic carbocycles. The molecule has 4 nitrogen and oxygen atoms in total. The average Bonchev–Trinajstić information content (AvgIpc) is 2.65. The highest BCUT2D eigenvalue weighted by Gasteiger charge is 2.28. The van der Waals surface area contributed by atoms with E-state index in [9.17, 15) is 0 Å². The van der Waals surface area contributed by atoms with Crippen molar-refractivity contribution in [3.63, 3.8) is 0 Å². The van der Waals surface area contributed by atoms with Gasteiger partial charge in [-0.2, -0.15) is 0 Å². The molecule has 1 aromatic heterocycles. The number of rotatable bonds is 3. The Morgan fingerprint density at radius 2 is 1.93 bits per heavy atom. The van der Waals surface area contributed by atoms with E-state index in [1.165, 1.54) is 12.8 Å². The van der Waals surface area contributed by atoms with E-state index in [1.807, 2.05) is 0 Å². The number of aromatic nitrogens is 2. The summed E-state index contributed by atoms with van der Waals surface area (Å²) in [4.78, 5) is 8.19. The minimum atomic E-state index is -0.0425. The second kappa shape index (κ2) is 3.92. The van der Waals surface area contributed by atoms with Crippen LogP contribution in [0, 0.1) is 0 Å². The van der Waals surface area contributed by atoms with Gasteiger partial charge in [0.05, 0.1) is 0 Å². The highest BCUT2D eigenvalue weighted by molar-refractivity contribution is 5.23. The van der Waals surface area contributed by atoms with Crippen LogP contribution in [0.15, 0.2) is 18.5 Å². The van der Waals surface area contributed by atoms with Crippen molar-refractivity contribution in [3.8, 4) is 0 Å². The van der Waals surface area contributed by atoms with Crippen LogP contribution in [0.1, 0.15) is 25.7 Å². The maximum absolute atomic E-state index is 6.19. The highest BCUT2D eigenvalue weighted by Crippen LogP contribution is 2.26. The Kier molecular flexibility index (Phi) is 2.63. The van der Waals surface area contributed by atoms with Crippen LogP contribution in [0.2, 0.25) is 0 Å². The number of hydrogen-bond acceptors (Lipinski definition) is 4. The predicted molar refractivity (Wildman–Crippen MR) is 55.9 cm³/mol. The fourth-order valence-corrected chi connectivity index (χ4v) is 1.90. The van der Waals surface area contributed by atoms with Gasteiger partial charge in [0.2, 0.25) is 5.95 Å². The maximum atomic E-state index is 6.19. The normalized spacial score (nSPS) is 19.5. The fraction of sp³-hybridized carbons (Fsp3) is 0.600. The fourth-order valence-electron chi connectivity index (χ4n) is 1.90. The first-order chi connectivity index (χ1) is 6.79. The van der Waals surface area contributed by atoms with Crippen LogP contribution in [-0.4, -0.2) is 22.1 Å². The Morgan fingerprint density at radius 3 is 2.57 bits per heavy atom. The van der Waals surface area contributed by atoms with Crippen molar-refractivity contribution in [2.45, 2.75) is 31.2 Å². The largest absolute Gasteiger partial charge is 0.352 e. The molecule has 0 atom stereocenters. The third-order valence-corrected chi connectivity index (χ3v) is 2.76. The summed E-state index contributed by atoms with van der Waals surface area (Å²) in [5.74, 6) is 0.671. The zero-order valence-corrected chi connectivity index (χ0v) is 8.24. The summed E-state index contributed by atoms with van der Waals surface area (Å²) < 4.78 is 0. The summed E-state index contributed by atoms with van der Waals surface area (Å²) in [6.07, 6.45) is 8.15. The Bertz CT molecular complexity index is 279. The van der Waals surface area contributed by atoms with Gasteiger partial charge < -0.3 is 11.1 Å². The van der Waals surface area contributed by atoms with E-state index in [2.05, 4.69) is 15.3 Å². The summed E-state index contributed by atoms with van der Waals surface area (Å²) in [7, 11) is 0. The summed E-state index contributed by atoms with van der Waals surface area (Å²) >= 11 is 0. The second-order valence-electron chi connectivity index (χ2n) is 4.00. The molecule has 1 saturated carbocycles. The molecular formula is C10H16N4. The standard InChI is InChI=1S/C10H16N4/c11-10(4-1-2-5-10)8-14-9-12-6-3-7-13-9/h3,6-7H,1-2,4-5,8,11H2,(H,12,13,14). The van der Waals surface area contributed by atoms with Gasteiger partial charge in [-0.1, -0.05) is 12.8 Å². The molecule has 1 heterocycles. The maximum Gasteiger partial charge on any atom is 0.222 e. The highest BCUT2D eigenvalue weighted by atomic mass is 15.1. The first-order valence-corrected chi connectivity index (χ1v) is 5.08. The summed E-state index contributed by atoms with van der Waals surface area (Å²) in [5, 5.41) is 3.18. The monoisotopic (exact) mass is 192 g/mol. The van der Waals surface area contributed by atoms with Gasteiger partial charge in [-0.05, 0) is 18.9 Å². The molecule has 0 radical (unpaired) electrons. The Labute approximate surface area is 83.9 Å². The summed E-state index contributed by atoms with van der Waals surface area (Å²) in [6, 6.07) is 1.80. The van der Waals surface area contributed by atoms with Crippen molar-refractivity contribution in [1.29, 1.82) is 0 Å². The van der Waals surface area contributed by atoms with Crippen LogP contribution in [-0.2, 0) is 0 Å². The van der Waals surface area contributed by atoms with Crippen molar-refractivity contribution in [2.24, 2.45) is 5.73 Å². The van der Waals surface area contributed by atoms with Crippen molar-refractivity contribution in [3.05, 3.63) is 18.5 Å². The van der Waals surface area contributed by atoms with Gasteiger partial charge in [0.25, 0.3) is 0 Å². The predicted octanol–water partition coefficient (Wildman–Crippen LogP) is 1.16. The third-order valence-electron chi connectivity index (χ3n) is 2.76. The van der Waals surface area contributed by atoms with E-state index in [0.29, 0.717) is 5.95 Å². The molecular weight excluding hydrogens is 176 g/mol. The molecule has 14 heavy (non-hydrogen) atoms. The quantitative estimate of drug-likeness (QED) is 0.754. The molecule has 2 rings (SSSR count). The van der Waals surface area contributed by atoms with Crippen LogP contribution in [0.25, 0.3) is 0 Å². The van der Waals surface area contributed by atoms with Crippen molar-refractivity contribution < 1.29 is 0 Å². The van der Waals surface area contributed by atoms with Crippen LogP contribution in [0.3, 0.4) is 0 Å². The topological polar surface area (TPSA) is 63.8 Å². The lowest BCUT2D eigenvalue weighted by molar-refractivity contribution is 0.463. The second-order valence-corrected chi connectivity index (χ2v) is 4.00. The minimum Gasteiger partial charge on any atom is -0.352 e. The summed E-state index contributed by atoms with van der Waals surface area (Å²) in [5.41, 5.74) is 6.15. The lowest BCUT2D eigenvalue weighted by Crippen LogP contribution is -2.43. The molecule has 76 valence electrons. The lowest BCUT2D eigenvalue weighted by atomic mass is 10.00. The van der Waals surface area contributed by atoms with E-state index >= 15 is 0 Å². The third kappa shape index (κ3) is 2.20. The van der Waals surface area contributed by atoms with Crippen molar-refractivity contribution >= 4 is 5.95 Å². The van der Waals surface area contributed by atoms with Gasteiger partial charge in [0.15, 0.2) is 0 Å². The van der Waals surface area contributed by atoms with Gasteiger partial charge in [0.1, 0.15) is 0 Å². The van der Waals surface area contributed by atoms with E-state index in [-0.39, 0.29) is 5.54 Å². The Hall–Kier alpha value is -1.16. The molecule has 1 aliphatic rings. The first kappa shape index (κ1) is 9.40. The molecule has 0 aliphatic heterocycles. The van der Waals surface area contributed by atoms with Gasteiger partial charge in [-0.3, -0.25) is 0 Å². The molecule has 0 amide bonds. The average molecular weight is 192 g/mol. The Morgan fingerprint density at radius 1 is 1.29 bits per heavy atom. The molecule has 3 N–H and O–H groups in total. The molecule has 0 saturated heterocycles. The molecule has 0 unspecified atom stereocenters. The number of anilines is 1. The van der Waals surface area contributed by atoms with E-state index < -0.39 is 0 Å². The van der Waals surface area contributed by atoms with Crippen LogP contribution >= 0.6 is 0 Å². The zero-order chi connectivity index (χ0) is 9.86. The molecule has 1 fully saturated rings. The SMILES string of the molecule is NC1(CNc2ncccn2)CCCC1. The van der Waals surface area contributed by atoms with Crippen LogP contribution < -0.4 is 11.1 Å². The molecule has 0 bridgehead atoms. The number of nitrogens with zero attached hydrogens (tertiary/aromatic N) is 2. The molecule has 1 aromatic rings. The van der Waals surface area contributed by atoms with Crippen molar-refractivity contribution in [1.82, 2.24) is 9.97 Å². The van der Waals surface area contributed by atoms with E-state index in [1.54, 1.807) is 18.5 Å². The molecule has 0 spiro atoms. The van der Waals surface area contributed by atoms with Gasteiger partial charge >= 0.3 is 0 Å². The summed E-state index contributed by atoms with van der Waals surface area (Å²) in [6.45, 7) is 0.775.